The van der Waals surface area contributed by atoms with Gasteiger partial charge in [-0.2, -0.15) is 0 Å². The SMILES string of the molecule is COCCCN(Cc1cccc(OC)c1)C(=O)c1sccc1C. The first-order valence-electron chi connectivity index (χ1n) is 7.61. The number of carbonyl (C=O) groups is 1. The van der Waals surface area contributed by atoms with E-state index < -0.39 is 0 Å². The van der Waals surface area contributed by atoms with Gasteiger partial charge in [0.05, 0.1) is 12.0 Å². The summed E-state index contributed by atoms with van der Waals surface area (Å²) in [7, 11) is 3.33. The first kappa shape index (κ1) is 17.5. The van der Waals surface area contributed by atoms with Gasteiger partial charge in [-0.05, 0) is 48.1 Å². The number of nitrogens with zero attached hydrogens (tertiary/aromatic N) is 1. The molecule has 0 aliphatic rings. The zero-order chi connectivity index (χ0) is 16.7. The number of ether oxygens (including phenoxy) is 2. The highest BCUT2D eigenvalue weighted by molar-refractivity contribution is 7.12. The van der Waals surface area contributed by atoms with Crippen molar-refractivity contribution in [3.63, 3.8) is 0 Å². The van der Waals surface area contributed by atoms with E-state index in [0.717, 1.165) is 28.2 Å². The minimum atomic E-state index is 0.0800. The van der Waals surface area contributed by atoms with Crippen LogP contribution in [0.3, 0.4) is 0 Å². The molecular formula is C18H23NO3S. The number of benzene rings is 1. The van der Waals surface area contributed by atoms with Crippen LogP contribution >= 0.6 is 11.3 Å². The lowest BCUT2D eigenvalue weighted by molar-refractivity contribution is 0.0727. The monoisotopic (exact) mass is 333 g/mol. The molecule has 0 aliphatic heterocycles. The molecule has 2 rings (SSSR count). The van der Waals surface area contributed by atoms with E-state index in [0.29, 0.717) is 19.7 Å². The number of amides is 1. The van der Waals surface area contributed by atoms with Crippen molar-refractivity contribution in [3.8, 4) is 5.75 Å². The Morgan fingerprint density at radius 2 is 2.09 bits per heavy atom. The highest BCUT2D eigenvalue weighted by Crippen LogP contribution is 2.21. The number of hydrogen-bond acceptors (Lipinski definition) is 4. The Balaban J connectivity index is 2.16. The Hall–Kier alpha value is -1.85. The van der Waals surface area contributed by atoms with Crippen LogP contribution in [0.5, 0.6) is 5.75 Å². The van der Waals surface area contributed by atoms with Crippen LogP contribution in [0.4, 0.5) is 0 Å². The zero-order valence-corrected chi connectivity index (χ0v) is 14.7. The second-order valence-corrected chi connectivity index (χ2v) is 6.27. The number of thiophene rings is 1. The van der Waals surface area contributed by atoms with Crippen molar-refractivity contribution in [2.75, 3.05) is 27.4 Å². The molecule has 5 heteroatoms. The van der Waals surface area contributed by atoms with Crippen molar-refractivity contribution >= 4 is 17.2 Å². The number of methoxy groups -OCH3 is 2. The van der Waals surface area contributed by atoms with Crippen molar-refractivity contribution < 1.29 is 14.3 Å². The van der Waals surface area contributed by atoms with E-state index in [2.05, 4.69) is 0 Å². The topological polar surface area (TPSA) is 38.8 Å². The summed E-state index contributed by atoms with van der Waals surface area (Å²) in [5.74, 6) is 0.885. The lowest BCUT2D eigenvalue weighted by Gasteiger charge is -2.23. The Kier molecular flexibility index (Phi) is 6.62. The van der Waals surface area contributed by atoms with Gasteiger partial charge in [0.2, 0.25) is 0 Å². The van der Waals surface area contributed by atoms with Gasteiger partial charge in [-0.1, -0.05) is 12.1 Å². The first-order valence-corrected chi connectivity index (χ1v) is 8.49. The van der Waals surface area contributed by atoms with Crippen LogP contribution in [0.1, 0.15) is 27.2 Å². The van der Waals surface area contributed by atoms with Gasteiger partial charge in [-0.3, -0.25) is 4.79 Å². The highest BCUT2D eigenvalue weighted by Gasteiger charge is 2.19. The third kappa shape index (κ3) is 4.81. The van der Waals surface area contributed by atoms with Crippen LogP contribution in [-0.4, -0.2) is 38.2 Å². The van der Waals surface area contributed by atoms with Gasteiger partial charge in [0.25, 0.3) is 5.91 Å². The first-order chi connectivity index (χ1) is 11.2. The summed E-state index contributed by atoms with van der Waals surface area (Å²) in [4.78, 5) is 15.5. The van der Waals surface area contributed by atoms with Crippen molar-refractivity contribution in [2.45, 2.75) is 19.9 Å². The van der Waals surface area contributed by atoms with E-state index in [1.165, 1.54) is 11.3 Å². The Morgan fingerprint density at radius 3 is 2.74 bits per heavy atom. The average molecular weight is 333 g/mol. The second-order valence-electron chi connectivity index (χ2n) is 5.36. The molecule has 4 nitrogen and oxygen atoms in total. The van der Waals surface area contributed by atoms with E-state index in [-0.39, 0.29) is 5.91 Å². The molecule has 0 atom stereocenters. The molecular weight excluding hydrogens is 310 g/mol. The Morgan fingerprint density at radius 1 is 1.26 bits per heavy atom. The molecule has 1 amide bonds. The molecule has 1 heterocycles. The van der Waals surface area contributed by atoms with Gasteiger partial charge < -0.3 is 14.4 Å². The maximum absolute atomic E-state index is 12.8. The molecule has 124 valence electrons. The van der Waals surface area contributed by atoms with E-state index >= 15 is 0 Å². The van der Waals surface area contributed by atoms with Crippen LogP contribution in [0.2, 0.25) is 0 Å². The molecule has 0 aliphatic carbocycles. The largest absolute Gasteiger partial charge is 0.497 e. The quantitative estimate of drug-likeness (QED) is 0.691. The number of hydrogen-bond donors (Lipinski definition) is 0. The standard InChI is InChI=1S/C18H23NO3S/c1-14-8-11-23-17(14)18(20)19(9-5-10-21-2)13-15-6-4-7-16(12-15)22-3/h4,6-8,11-12H,5,9-10,13H2,1-3H3. The van der Waals surface area contributed by atoms with Crippen molar-refractivity contribution in [1.29, 1.82) is 0 Å². The molecule has 0 saturated heterocycles. The summed E-state index contributed by atoms with van der Waals surface area (Å²) >= 11 is 1.50. The summed E-state index contributed by atoms with van der Waals surface area (Å²) < 4.78 is 10.4. The van der Waals surface area contributed by atoms with Crippen LogP contribution in [0.15, 0.2) is 35.7 Å². The minimum Gasteiger partial charge on any atom is -0.497 e. The number of aryl methyl sites for hydroxylation is 1. The Bertz CT molecular complexity index is 639. The van der Waals surface area contributed by atoms with Crippen molar-refractivity contribution in [1.82, 2.24) is 4.90 Å². The van der Waals surface area contributed by atoms with E-state index in [1.54, 1.807) is 14.2 Å². The average Bonchev–Trinajstić information content (AvgIpc) is 2.99. The third-order valence-electron chi connectivity index (χ3n) is 3.63. The molecule has 0 bridgehead atoms. The minimum absolute atomic E-state index is 0.0800. The van der Waals surface area contributed by atoms with Gasteiger partial charge in [0.15, 0.2) is 0 Å². The molecule has 0 fully saturated rings. The van der Waals surface area contributed by atoms with Crippen LogP contribution in [0, 0.1) is 6.92 Å². The maximum Gasteiger partial charge on any atom is 0.264 e. The summed E-state index contributed by atoms with van der Waals surface area (Å²) in [6, 6.07) is 9.82. The predicted octanol–water partition coefficient (Wildman–Crippen LogP) is 3.74. The lowest BCUT2D eigenvalue weighted by atomic mass is 10.2. The van der Waals surface area contributed by atoms with E-state index in [4.69, 9.17) is 9.47 Å². The van der Waals surface area contributed by atoms with Crippen LogP contribution in [0.25, 0.3) is 0 Å². The molecule has 0 saturated carbocycles. The third-order valence-corrected chi connectivity index (χ3v) is 4.63. The molecule has 0 N–H and O–H groups in total. The zero-order valence-electron chi connectivity index (χ0n) is 13.9. The van der Waals surface area contributed by atoms with E-state index in [9.17, 15) is 4.79 Å². The summed E-state index contributed by atoms with van der Waals surface area (Å²) in [6.07, 6.45) is 0.816. The molecule has 23 heavy (non-hydrogen) atoms. The smallest absolute Gasteiger partial charge is 0.264 e. The lowest BCUT2D eigenvalue weighted by Crippen LogP contribution is -2.32. The summed E-state index contributed by atoms with van der Waals surface area (Å²) in [5.41, 5.74) is 2.09. The fraction of sp³-hybridized carbons (Fsp3) is 0.389. The fourth-order valence-corrected chi connectivity index (χ4v) is 3.27. The predicted molar refractivity (Wildman–Crippen MR) is 93.3 cm³/mol. The van der Waals surface area contributed by atoms with Gasteiger partial charge in [-0.25, -0.2) is 0 Å². The number of carbonyl (C=O) groups excluding carboxylic acids is 1. The molecule has 0 unspecified atom stereocenters. The van der Waals surface area contributed by atoms with Crippen molar-refractivity contribution in [2.24, 2.45) is 0 Å². The molecule has 0 spiro atoms. The summed E-state index contributed by atoms with van der Waals surface area (Å²) in [6.45, 7) is 3.85. The van der Waals surface area contributed by atoms with Gasteiger partial charge in [0.1, 0.15) is 5.75 Å². The molecule has 1 aromatic heterocycles. The van der Waals surface area contributed by atoms with Crippen LogP contribution in [-0.2, 0) is 11.3 Å². The Labute approximate surface area is 141 Å². The number of rotatable bonds is 8. The van der Waals surface area contributed by atoms with Crippen molar-refractivity contribution in [3.05, 3.63) is 51.7 Å². The summed E-state index contributed by atoms with van der Waals surface area (Å²) in [5, 5.41) is 1.96. The molecule has 1 aromatic carbocycles. The second kappa shape index (κ2) is 8.70. The molecule has 2 aromatic rings. The van der Waals surface area contributed by atoms with Gasteiger partial charge >= 0.3 is 0 Å². The molecule has 0 radical (unpaired) electrons. The fourth-order valence-electron chi connectivity index (χ4n) is 2.38. The van der Waals surface area contributed by atoms with E-state index in [1.807, 2.05) is 47.5 Å². The van der Waals surface area contributed by atoms with Gasteiger partial charge in [0, 0.05) is 26.8 Å². The van der Waals surface area contributed by atoms with Crippen LogP contribution < -0.4 is 4.74 Å². The van der Waals surface area contributed by atoms with Gasteiger partial charge in [-0.15, -0.1) is 11.3 Å². The maximum atomic E-state index is 12.8. The highest BCUT2D eigenvalue weighted by atomic mass is 32.1. The normalized spacial score (nSPS) is 10.6.